The standard InChI is InChI=1S/C11H11BrClN3S/c1-7-4-14-11(13)15-10(7)16(2)5-8-3-9(12)17-6-8/h3-4,6H,5H2,1-2H3. The molecule has 2 aromatic rings. The van der Waals surface area contributed by atoms with Crippen molar-refractivity contribution in [2.24, 2.45) is 0 Å². The van der Waals surface area contributed by atoms with Crippen molar-refractivity contribution in [1.82, 2.24) is 9.97 Å². The van der Waals surface area contributed by atoms with E-state index >= 15 is 0 Å². The highest BCUT2D eigenvalue weighted by atomic mass is 79.9. The van der Waals surface area contributed by atoms with E-state index in [1.807, 2.05) is 14.0 Å². The van der Waals surface area contributed by atoms with Gasteiger partial charge in [-0.15, -0.1) is 11.3 Å². The average molecular weight is 333 g/mol. The molecule has 2 aromatic heterocycles. The molecule has 0 aliphatic carbocycles. The second-order valence-corrected chi connectivity index (χ2v) is 6.39. The molecule has 3 nitrogen and oxygen atoms in total. The molecule has 0 fully saturated rings. The molecule has 0 radical (unpaired) electrons. The minimum absolute atomic E-state index is 0.281. The minimum Gasteiger partial charge on any atom is -0.355 e. The average Bonchev–Trinajstić information content (AvgIpc) is 2.67. The molecule has 17 heavy (non-hydrogen) atoms. The van der Waals surface area contributed by atoms with E-state index in [9.17, 15) is 0 Å². The zero-order valence-corrected chi connectivity index (χ0v) is 12.6. The number of hydrogen-bond donors (Lipinski definition) is 0. The van der Waals surface area contributed by atoms with Gasteiger partial charge in [-0.05, 0) is 51.5 Å². The van der Waals surface area contributed by atoms with Crippen LogP contribution in [-0.4, -0.2) is 17.0 Å². The van der Waals surface area contributed by atoms with Gasteiger partial charge in [0.2, 0.25) is 5.28 Å². The van der Waals surface area contributed by atoms with Gasteiger partial charge in [0.1, 0.15) is 5.82 Å². The maximum absolute atomic E-state index is 5.81. The summed E-state index contributed by atoms with van der Waals surface area (Å²) in [5.41, 5.74) is 2.27. The SMILES string of the molecule is Cc1cnc(Cl)nc1N(C)Cc1csc(Br)c1. The van der Waals surface area contributed by atoms with E-state index in [1.54, 1.807) is 17.5 Å². The number of hydrogen-bond acceptors (Lipinski definition) is 4. The van der Waals surface area contributed by atoms with Crippen molar-refractivity contribution in [2.45, 2.75) is 13.5 Å². The maximum Gasteiger partial charge on any atom is 0.224 e. The van der Waals surface area contributed by atoms with Gasteiger partial charge in [-0.1, -0.05) is 0 Å². The molecule has 6 heteroatoms. The summed E-state index contributed by atoms with van der Waals surface area (Å²) in [7, 11) is 2.00. The molecular formula is C11H11BrClN3S. The van der Waals surface area contributed by atoms with Crippen molar-refractivity contribution in [1.29, 1.82) is 0 Å². The molecule has 0 amide bonds. The summed E-state index contributed by atoms with van der Waals surface area (Å²) in [6.07, 6.45) is 1.74. The third-order valence-corrected chi connectivity index (χ3v) is 4.05. The van der Waals surface area contributed by atoms with Crippen LogP contribution in [-0.2, 0) is 6.54 Å². The van der Waals surface area contributed by atoms with E-state index in [4.69, 9.17) is 11.6 Å². The van der Waals surface area contributed by atoms with Crippen LogP contribution in [0, 0.1) is 6.92 Å². The number of thiophene rings is 1. The van der Waals surface area contributed by atoms with Crippen molar-refractivity contribution in [3.05, 3.63) is 37.8 Å². The van der Waals surface area contributed by atoms with Crippen molar-refractivity contribution in [3.63, 3.8) is 0 Å². The summed E-state index contributed by atoms with van der Waals surface area (Å²) in [5.74, 6) is 0.868. The minimum atomic E-state index is 0.281. The Morgan fingerprint density at radius 3 is 2.94 bits per heavy atom. The first-order chi connectivity index (χ1) is 8.06. The Hall–Kier alpha value is -0.650. The van der Waals surface area contributed by atoms with E-state index in [0.717, 1.165) is 21.7 Å². The predicted octanol–water partition coefficient (Wildman–Crippen LogP) is 3.90. The van der Waals surface area contributed by atoms with Crippen molar-refractivity contribution >= 4 is 44.7 Å². The van der Waals surface area contributed by atoms with Crippen molar-refractivity contribution in [3.8, 4) is 0 Å². The zero-order chi connectivity index (χ0) is 12.4. The lowest BCUT2D eigenvalue weighted by atomic mass is 10.3. The van der Waals surface area contributed by atoms with Crippen LogP contribution in [0.5, 0.6) is 0 Å². The molecule has 0 aromatic carbocycles. The Labute approximate surface area is 118 Å². The molecule has 0 aliphatic heterocycles. The lowest BCUT2D eigenvalue weighted by Gasteiger charge is -2.19. The summed E-state index contributed by atoms with van der Waals surface area (Å²) < 4.78 is 1.14. The van der Waals surface area contributed by atoms with Crippen molar-refractivity contribution < 1.29 is 0 Å². The Kier molecular flexibility index (Phi) is 4.01. The summed E-state index contributed by atoms with van der Waals surface area (Å²) in [6.45, 7) is 2.78. The highest BCUT2D eigenvalue weighted by molar-refractivity contribution is 9.11. The lowest BCUT2D eigenvalue weighted by Crippen LogP contribution is -2.18. The van der Waals surface area contributed by atoms with Crippen LogP contribution in [0.25, 0.3) is 0 Å². The molecule has 0 saturated carbocycles. The first-order valence-corrected chi connectivity index (χ1v) is 7.04. The Balaban J connectivity index is 2.19. The van der Waals surface area contributed by atoms with Crippen LogP contribution in [0.3, 0.4) is 0 Å². The fourth-order valence-corrected chi connectivity index (χ4v) is 2.91. The van der Waals surface area contributed by atoms with Gasteiger partial charge in [0.25, 0.3) is 0 Å². The van der Waals surface area contributed by atoms with Crippen LogP contribution in [0.2, 0.25) is 5.28 Å². The van der Waals surface area contributed by atoms with Gasteiger partial charge in [-0.2, -0.15) is 0 Å². The van der Waals surface area contributed by atoms with Crippen LogP contribution in [0.1, 0.15) is 11.1 Å². The largest absolute Gasteiger partial charge is 0.355 e. The van der Waals surface area contributed by atoms with E-state index < -0.39 is 0 Å². The number of aromatic nitrogens is 2. The number of aryl methyl sites for hydroxylation is 1. The third kappa shape index (κ3) is 3.18. The van der Waals surface area contributed by atoms with Gasteiger partial charge in [-0.3, -0.25) is 0 Å². The Morgan fingerprint density at radius 2 is 2.29 bits per heavy atom. The molecule has 0 saturated heterocycles. The second kappa shape index (κ2) is 5.33. The molecule has 2 heterocycles. The zero-order valence-electron chi connectivity index (χ0n) is 9.44. The highest BCUT2D eigenvalue weighted by Crippen LogP contribution is 2.24. The summed E-state index contributed by atoms with van der Waals surface area (Å²) in [4.78, 5) is 10.3. The molecule has 2 rings (SSSR count). The molecule has 0 aliphatic rings. The Bertz CT molecular complexity index is 529. The topological polar surface area (TPSA) is 29.0 Å². The molecule has 0 bridgehead atoms. The first-order valence-electron chi connectivity index (χ1n) is 4.99. The van der Waals surface area contributed by atoms with Gasteiger partial charge < -0.3 is 4.90 Å². The van der Waals surface area contributed by atoms with Crippen LogP contribution in [0.4, 0.5) is 5.82 Å². The quantitative estimate of drug-likeness (QED) is 0.798. The van der Waals surface area contributed by atoms with Crippen LogP contribution >= 0.6 is 38.9 Å². The van der Waals surface area contributed by atoms with E-state index in [2.05, 4.69) is 42.2 Å². The predicted molar refractivity (Wildman–Crippen MR) is 75.9 cm³/mol. The molecule has 90 valence electrons. The van der Waals surface area contributed by atoms with Crippen LogP contribution in [0.15, 0.2) is 21.4 Å². The van der Waals surface area contributed by atoms with Crippen LogP contribution < -0.4 is 4.90 Å². The molecule has 0 unspecified atom stereocenters. The summed E-state index contributed by atoms with van der Waals surface area (Å²) >= 11 is 11.0. The molecule has 0 spiro atoms. The van der Waals surface area contributed by atoms with E-state index in [1.165, 1.54) is 5.56 Å². The fraction of sp³-hybridized carbons (Fsp3) is 0.273. The molecular weight excluding hydrogens is 322 g/mol. The third-order valence-electron chi connectivity index (χ3n) is 2.32. The van der Waals surface area contributed by atoms with Gasteiger partial charge in [0.15, 0.2) is 0 Å². The highest BCUT2D eigenvalue weighted by Gasteiger charge is 2.09. The summed E-state index contributed by atoms with van der Waals surface area (Å²) in [6, 6.07) is 2.11. The van der Waals surface area contributed by atoms with Gasteiger partial charge in [0.05, 0.1) is 3.79 Å². The molecule has 0 atom stereocenters. The normalized spacial score (nSPS) is 10.6. The lowest BCUT2D eigenvalue weighted by molar-refractivity contribution is 0.885. The van der Waals surface area contributed by atoms with Gasteiger partial charge in [0, 0.05) is 25.4 Å². The number of halogens is 2. The van der Waals surface area contributed by atoms with Crippen molar-refractivity contribution in [2.75, 3.05) is 11.9 Å². The van der Waals surface area contributed by atoms with E-state index in [-0.39, 0.29) is 5.28 Å². The van der Waals surface area contributed by atoms with E-state index in [0.29, 0.717) is 0 Å². The van der Waals surface area contributed by atoms with Gasteiger partial charge >= 0.3 is 0 Å². The maximum atomic E-state index is 5.81. The smallest absolute Gasteiger partial charge is 0.224 e. The van der Waals surface area contributed by atoms with Gasteiger partial charge in [-0.25, -0.2) is 9.97 Å². The Morgan fingerprint density at radius 1 is 1.53 bits per heavy atom. The fourth-order valence-electron chi connectivity index (χ4n) is 1.58. The first kappa shape index (κ1) is 12.8. The number of nitrogens with zero attached hydrogens (tertiary/aromatic N) is 3. The second-order valence-electron chi connectivity index (χ2n) is 3.76. The molecule has 0 N–H and O–H groups in total. The number of rotatable bonds is 3. The summed E-state index contributed by atoms with van der Waals surface area (Å²) in [5, 5.41) is 2.41. The number of anilines is 1. The monoisotopic (exact) mass is 331 g/mol.